The number of nitrogens with zero attached hydrogens (tertiary/aromatic N) is 2. The SMILES string of the molecule is COC1(Cc2cccc(N(C)C)c2)CN(C(=O)OC(C)(C)C)c2ccccc21. The van der Waals surface area contributed by atoms with Gasteiger partial charge >= 0.3 is 6.09 Å². The van der Waals surface area contributed by atoms with Crippen molar-refractivity contribution in [2.24, 2.45) is 0 Å². The van der Waals surface area contributed by atoms with E-state index in [0.717, 1.165) is 22.5 Å². The van der Waals surface area contributed by atoms with Crippen molar-refractivity contribution in [2.75, 3.05) is 37.5 Å². The van der Waals surface area contributed by atoms with Crippen molar-refractivity contribution in [3.05, 3.63) is 59.7 Å². The molecule has 5 heteroatoms. The molecular formula is C23H30N2O3. The lowest BCUT2D eigenvalue weighted by molar-refractivity contribution is -0.00273. The molecule has 1 atom stereocenters. The zero-order valence-electron chi connectivity index (χ0n) is 17.7. The smallest absolute Gasteiger partial charge is 0.414 e. The molecule has 1 unspecified atom stereocenters. The minimum atomic E-state index is -0.613. The summed E-state index contributed by atoms with van der Waals surface area (Å²) in [6.07, 6.45) is 0.322. The van der Waals surface area contributed by atoms with E-state index < -0.39 is 11.2 Å². The zero-order valence-corrected chi connectivity index (χ0v) is 17.7. The maximum atomic E-state index is 12.9. The Balaban J connectivity index is 1.97. The number of carbonyl (C=O) groups is 1. The van der Waals surface area contributed by atoms with Gasteiger partial charge in [-0.2, -0.15) is 0 Å². The molecule has 1 aliphatic heterocycles. The van der Waals surface area contributed by atoms with Gasteiger partial charge in [0.15, 0.2) is 0 Å². The third kappa shape index (κ3) is 3.99. The fourth-order valence-corrected chi connectivity index (χ4v) is 3.67. The van der Waals surface area contributed by atoms with Crippen LogP contribution in [-0.2, 0) is 21.5 Å². The Morgan fingerprint density at radius 2 is 1.86 bits per heavy atom. The summed E-state index contributed by atoms with van der Waals surface area (Å²) >= 11 is 0. The second-order valence-corrected chi connectivity index (χ2v) is 8.52. The van der Waals surface area contributed by atoms with Crippen LogP contribution in [0.15, 0.2) is 48.5 Å². The van der Waals surface area contributed by atoms with Gasteiger partial charge in [0, 0.05) is 38.9 Å². The van der Waals surface area contributed by atoms with Crippen molar-refractivity contribution in [3.63, 3.8) is 0 Å². The van der Waals surface area contributed by atoms with Gasteiger partial charge in [-0.1, -0.05) is 30.3 Å². The standard InChI is InChI=1S/C23H30N2O3/c1-22(2,3)28-21(26)25-16-23(27-6,19-12-7-8-13-20(19)25)15-17-10-9-11-18(14-17)24(4)5/h7-14H,15-16H2,1-6H3. The number of carbonyl (C=O) groups excluding carboxylic acids is 1. The summed E-state index contributed by atoms with van der Waals surface area (Å²) in [6, 6.07) is 16.3. The summed E-state index contributed by atoms with van der Waals surface area (Å²) in [5.74, 6) is 0. The lowest BCUT2D eigenvalue weighted by atomic mass is 9.88. The molecule has 0 aliphatic carbocycles. The summed E-state index contributed by atoms with van der Waals surface area (Å²) in [5, 5.41) is 0. The minimum Gasteiger partial charge on any atom is -0.443 e. The van der Waals surface area contributed by atoms with Gasteiger partial charge < -0.3 is 14.4 Å². The molecule has 0 bridgehead atoms. The number of rotatable bonds is 4. The number of para-hydroxylation sites is 1. The Labute approximate surface area is 167 Å². The van der Waals surface area contributed by atoms with Crippen LogP contribution in [0.2, 0.25) is 0 Å². The Kier molecular flexibility index (Phi) is 5.39. The molecule has 0 radical (unpaired) electrons. The molecule has 1 amide bonds. The van der Waals surface area contributed by atoms with Gasteiger partial charge in [-0.05, 0) is 44.5 Å². The lowest BCUT2D eigenvalue weighted by Crippen LogP contribution is -2.42. The first-order valence-corrected chi connectivity index (χ1v) is 9.57. The first kappa shape index (κ1) is 20.2. The van der Waals surface area contributed by atoms with Crippen LogP contribution in [0, 0.1) is 0 Å². The Bertz CT molecular complexity index is 857. The normalized spacial score (nSPS) is 18.7. The van der Waals surface area contributed by atoms with Gasteiger partial charge in [-0.15, -0.1) is 0 Å². The van der Waals surface area contributed by atoms with E-state index >= 15 is 0 Å². The van der Waals surface area contributed by atoms with E-state index in [2.05, 4.69) is 29.2 Å². The quantitative estimate of drug-likeness (QED) is 0.775. The average molecular weight is 383 g/mol. The van der Waals surface area contributed by atoms with Crippen molar-refractivity contribution in [3.8, 4) is 0 Å². The average Bonchev–Trinajstić information content (AvgIpc) is 2.96. The number of ether oxygens (including phenoxy) is 2. The summed E-state index contributed by atoms with van der Waals surface area (Å²) in [7, 11) is 5.77. The molecule has 0 spiro atoms. The zero-order chi connectivity index (χ0) is 20.5. The van der Waals surface area contributed by atoms with E-state index in [4.69, 9.17) is 9.47 Å². The van der Waals surface area contributed by atoms with Gasteiger partial charge in [-0.3, -0.25) is 4.90 Å². The topological polar surface area (TPSA) is 42.0 Å². The Hall–Kier alpha value is -2.53. The van der Waals surface area contributed by atoms with Crippen LogP contribution >= 0.6 is 0 Å². The van der Waals surface area contributed by atoms with Gasteiger partial charge in [-0.25, -0.2) is 4.79 Å². The number of fused-ring (bicyclic) bond motifs is 1. The highest BCUT2D eigenvalue weighted by molar-refractivity contribution is 5.91. The van der Waals surface area contributed by atoms with Crippen LogP contribution in [0.3, 0.4) is 0 Å². The molecule has 0 aromatic heterocycles. The predicted octanol–water partition coefficient (Wildman–Crippen LogP) is 4.59. The molecule has 28 heavy (non-hydrogen) atoms. The van der Waals surface area contributed by atoms with Crippen LogP contribution in [-0.4, -0.2) is 39.4 Å². The first-order chi connectivity index (χ1) is 13.1. The van der Waals surface area contributed by atoms with Crippen molar-refractivity contribution < 1.29 is 14.3 Å². The molecule has 2 aromatic carbocycles. The molecule has 0 fully saturated rings. The molecule has 5 nitrogen and oxygen atoms in total. The summed E-state index contributed by atoms with van der Waals surface area (Å²) in [6.45, 7) is 6.06. The number of methoxy groups -OCH3 is 1. The highest BCUT2D eigenvalue weighted by Crippen LogP contribution is 2.44. The molecule has 1 heterocycles. The number of anilines is 2. The van der Waals surface area contributed by atoms with Crippen LogP contribution in [0.4, 0.5) is 16.2 Å². The Morgan fingerprint density at radius 1 is 1.14 bits per heavy atom. The van der Waals surface area contributed by atoms with Gasteiger partial charge in [0.25, 0.3) is 0 Å². The monoisotopic (exact) mass is 382 g/mol. The highest BCUT2D eigenvalue weighted by atomic mass is 16.6. The van der Waals surface area contributed by atoms with Crippen molar-refractivity contribution in [1.29, 1.82) is 0 Å². The van der Waals surface area contributed by atoms with E-state index in [9.17, 15) is 4.79 Å². The van der Waals surface area contributed by atoms with Crippen LogP contribution in [0.5, 0.6) is 0 Å². The fraction of sp³-hybridized carbons (Fsp3) is 0.435. The van der Waals surface area contributed by atoms with Crippen LogP contribution < -0.4 is 9.80 Å². The fourth-order valence-electron chi connectivity index (χ4n) is 3.67. The van der Waals surface area contributed by atoms with Gasteiger partial charge in [0.2, 0.25) is 0 Å². The summed E-state index contributed by atoms with van der Waals surface area (Å²) < 4.78 is 11.7. The summed E-state index contributed by atoms with van der Waals surface area (Å²) in [4.78, 5) is 16.6. The van der Waals surface area contributed by atoms with Crippen molar-refractivity contribution >= 4 is 17.5 Å². The molecular weight excluding hydrogens is 352 g/mol. The largest absolute Gasteiger partial charge is 0.443 e. The molecule has 0 saturated carbocycles. The third-order valence-electron chi connectivity index (χ3n) is 5.02. The van der Waals surface area contributed by atoms with E-state index in [1.807, 2.05) is 59.1 Å². The van der Waals surface area contributed by atoms with Gasteiger partial charge in [0.05, 0.1) is 12.2 Å². The van der Waals surface area contributed by atoms with E-state index in [1.54, 1.807) is 12.0 Å². The third-order valence-corrected chi connectivity index (χ3v) is 5.02. The van der Waals surface area contributed by atoms with Crippen molar-refractivity contribution in [1.82, 2.24) is 0 Å². The molecule has 1 aliphatic rings. The maximum Gasteiger partial charge on any atom is 0.414 e. The van der Waals surface area contributed by atoms with Crippen molar-refractivity contribution in [2.45, 2.75) is 38.4 Å². The summed E-state index contributed by atoms with van der Waals surface area (Å²) in [5.41, 5.74) is 3.00. The molecule has 0 N–H and O–H groups in total. The van der Waals surface area contributed by atoms with E-state index in [-0.39, 0.29) is 6.09 Å². The van der Waals surface area contributed by atoms with E-state index in [0.29, 0.717) is 13.0 Å². The van der Waals surface area contributed by atoms with E-state index in [1.165, 1.54) is 0 Å². The second-order valence-electron chi connectivity index (χ2n) is 8.52. The molecule has 2 aromatic rings. The first-order valence-electron chi connectivity index (χ1n) is 9.57. The second kappa shape index (κ2) is 7.47. The lowest BCUT2D eigenvalue weighted by Gasteiger charge is -2.30. The predicted molar refractivity (Wildman–Crippen MR) is 113 cm³/mol. The van der Waals surface area contributed by atoms with Crippen LogP contribution in [0.1, 0.15) is 31.9 Å². The number of hydrogen-bond acceptors (Lipinski definition) is 4. The maximum absolute atomic E-state index is 12.9. The number of benzene rings is 2. The minimum absolute atomic E-state index is 0.346. The number of hydrogen-bond donors (Lipinski definition) is 0. The highest BCUT2D eigenvalue weighted by Gasteiger charge is 2.46. The molecule has 150 valence electrons. The van der Waals surface area contributed by atoms with Gasteiger partial charge in [0.1, 0.15) is 11.2 Å². The molecule has 3 rings (SSSR count). The Morgan fingerprint density at radius 3 is 2.50 bits per heavy atom. The number of amides is 1. The molecule has 0 saturated heterocycles. The van der Waals surface area contributed by atoms with Crippen LogP contribution in [0.25, 0.3) is 0 Å².